The van der Waals surface area contributed by atoms with Gasteiger partial charge in [-0.3, -0.25) is 4.79 Å². The molecule has 0 bridgehead atoms. The monoisotopic (exact) mass is 312 g/mol. The highest BCUT2D eigenvalue weighted by Gasteiger charge is 2.13. The third-order valence-corrected chi connectivity index (χ3v) is 3.79. The highest BCUT2D eigenvalue weighted by molar-refractivity contribution is 7.16. The van der Waals surface area contributed by atoms with E-state index in [0.717, 1.165) is 23.5 Å². The standard InChI is InChI=1S/C14H14F2N2O2S/c1-8(19)4-5-17-13(20)12-7-18-14(21-12)9-2-3-10(15)11(16)6-9/h2-3,6-8,19H,4-5H2,1H3,(H,17,20). The fourth-order valence-electron chi connectivity index (χ4n) is 1.62. The molecule has 1 aromatic carbocycles. The molecule has 0 saturated carbocycles. The first-order chi connectivity index (χ1) is 9.97. The molecule has 1 unspecified atom stereocenters. The molecule has 2 aromatic rings. The number of halogens is 2. The number of hydrogen-bond acceptors (Lipinski definition) is 4. The molecule has 7 heteroatoms. The summed E-state index contributed by atoms with van der Waals surface area (Å²) >= 11 is 1.09. The average Bonchev–Trinajstić information content (AvgIpc) is 2.91. The quantitative estimate of drug-likeness (QED) is 0.892. The van der Waals surface area contributed by atoms with Crippen LogP contribution in [-0.4, -0.2) is 28.6 Å². The molecule has 0 aliphatic carbocycles. The van der Waals surface area contributed by atoms with Crippen LogP contribution in [0.2, 0.25) is 0 Å². The van der Waals surface area contributed by atoms with Crippen molar-refractivity contribution in [1.82, 2.24) is 10.3 Å². The molecule has 1 atom stereocenters. The fourth-order valence-corrected chi connectivity index (χ4v) is 2.45. The Morgan fingerprint density at radius 3 is 2.86 bits per heavy atom. The zero-order chi connectivity index (χ0) is 15.4. The second kappa shape index (κ2) is 6.73. The smallest absolute Gasteiger partial charge is 0.263 e. The first-order valence-electron chi connectivity index (χ1n) is 6.35. The van der Waals surface area contributed by atoms with Crippen molar-refractivity contribution in [2.24, 2.45) is 0 Å². The zero-order valence-corrected chi connectivity index (χ0v) is 12.1. The fraction of sp³-hybridized carbons (Fsp3) is 0.286. The minimum atomic E-state index is -0.953. The molecule has 1 aromatic heterocycles. The maximum absolute atomic E-state index is 13.2. The normalized spacial score (nSPS) is 12.2. The van der Waals surface area contributed by atoms with E-state index in [4.69, 9.17) is 5.11 Å². The number of carbonyl (C=O) groups excluding carboxylic acids is 1. The summed E-state index contributed by atoms with van der Waals surface area (Å²) in [6.07, 6.45) is 1.36. The van der Waals surface area contributed by atoms with Crippen molar-refractivity contribution in [3.63, 3.8) is 0 Å². The van der Waals surface area contributed by atoms with Crippen molar-refractivity contribution in [3.05, 3.63) is 40.9 Å². The van der Waals surface area contributed by atoms with Crippen LogP contribution >= 0.6 is 11.3 Å². The molecule has 1 heterocycles. The lowest BCUT2D eigenvalue weighted by Crippen LogP contribution is -2.25. The van der Waals surface area contributed by atoms with Crippen LogP contribution in [0.25, 0.3) is 10.6 Å². The van der Waals surface area contributed by atoms with E-state index in [1.54, 1.807) is 6.92 Å². The summed E-state index contributed by atoms with van der Waals surface area (Å²) in [7, 11) is 0. The summed E-state index contributed by atoms with van der Waals surface area (Å²) in [4.78, 5) is 16.3. The Hall–Kier alpha value is -1.86. The minimum Gasteiger partial charge on any atom is -0.393 e. The van der Waals surface area contributed by atoms with Gasteiger partial charge in [-0.2, -0.15) is 0 Å². The van der Waals surface area contributed by atoms with Gasteiger partial charge in [0, 0.05) is 12.1 Å². The lowest BCUT2D eigenvalue weighted by Gasteiger charge is -2.04. The van der Waals surface area contributed by atoms with Crippen molar-refractivity contribution < 1.29 is 18.7 Å². The number of nitrogens with one attached hydrogen (secondary N) is 1. The van der Waals surface area contributed by atoms with Crippen molar-refractivity contribution in [1.29, 1.82) is 0 Å². The molecule has 0 spiro atoms. The van der Waals surface area contributed by atoms with Crippen LogP contribution in [0.3, 0.4) is 0 Å². The Labute approximate surface area is 124 Å². The maximum Gasteiger partial charge on any atom is 0.263 e. The number of thiazole rings is 1. The van der Waals surface area contributed by atoms with E-state index < -0.39 is 17.7 Å². The van der Waals surface area contributed by atoms with Crippen LogP contribution < -0.4 is 5.32 Å². The number of rotatable bonds is 5. The van der Waals surface area contributed by atoms with Gasteiger partial charge in [0.15, 0.2) is 11.6 Å². The first kappa shape index (κ1) is 15.5. The lowest BCUT2D eigenvalue weighted by atomic mass is 10.2. The maximum atomic E-state index is 13.2. The summed E-state index contributed by atoms with van der Waals surface area (Å²) in [5.74, 6) is -2.18. The number of benzene rings is 1. The number of nitrogens with zero attached hydrogens (tertiary/aromatic N) is 1. The molecule has 0 fully saturated rings. The van der Waals surface area contributed by atoms with E-state index in [1.165, 1.54) is 12.3 Å². The topological polar surface area (TPSA) is 62.2 Å². The van der Waals surface area contributed by atoms with Gasteiger partial charge in [0.05, 0.1) is 12.3 Å². The molecule has 4 nitrogen and oxygen atoms in total. The highest BCUT2D eigenvalue weighted by Crippen LogP contribution is 2.26. The predicted molar refractivity (Wildman–Crippen MR) is 76.1 cm³/mol. The van der Waals surface area contributed by atoms with Gasteiger partial charge in [-0.1, -0.05) is 0 Å². The molecular formula is C14H14F2N2O2S. The molecule has 0 aliphatic rings. The summed E-state index contributed by atoms with van der Waals surface area (Å²) in [5.41, 5.74) is 0.418. The minimum absolute atomic E-state index is 0.304. The van der Waals surface area contributed by atoms with Crippen molar-refractivity contribution in [2.75, 3.05) is 6.54 Å². The SMILES string of the molecule is CC(O)CCNC(=O)c1cnc(-c2ccc(F)c(F)c2)s1. The third-order valence-electron chi connectivity index (χ3n) is 2.74. The van der Waals surface area contributed by atoms with E-state index in [9.17, 15) is 13.6 Å². The lowest BCUT2D eigenvalue weighted by molar-refractivity contribution is 0.0949. The summed E-state index contributed by atoms with van der Waals surface area (Å²) in [6, 6.07) is 3.48. The molecule has 112 valence electrons. The summed E-state index contributed by atoms with van der Waals surface area (Å²) in [6.45, 7) is 1.99. The van der Waals surface area contributed by atoms with E-state index in [1.807, 2.05) is 0 Å². The molecule has 2 N–H and O–H groups in total. The second-order valence-electron chi connectivity index (χ2n) is 4.55. The number of hydrogen-bond donors (Lipinski definition) is 2. The molecule has 1 amide bonds. The molecule has 0 radical (unpaired) electrons. The first-order valence-corrected chi connectivity index (χ1v) is 7.16. The molecule has 0 aliphatic heterocycles. The van der Waals surface area contributed by atoms with Crippen molar-refractivity contribution >= 4 is 17.2 Å². The molecule has 21 heavy (non-hydrogen) atoms. The Morgan fingerprint density at radius 2 is 2.19 bits per heavy atom. The largest absolute Gasteiger partial charge is 0.393 e. The Bertz CT molecular complexity index is 644. The zero-order valence-electron chi connectivity index (χ0n) is 11.3. The van der Waals surface area contributed by atoms with Crippen molar-refractivity contribution in [3.8, 4) is 10.6 Å². The molecule has 0 saturated heterocycles. The number of aromatic nitrogens is 1. The Kier molecular flexibility index (Phi) is 4.98. The second-order valence-corrected chi connectivity index (χ2v) is 5.58. The van der Waals surface area contributed by atoms with Crippen LogP contribution in [-0.2, 0) is 0 Å². The average molecular weight is 312 g/mol. The van der Waals surface area contributed by atoms with E-state index in [0.29, 0.717) is 28.4 Å². The van der Waals surface area contributed by atoms with Gasteiger partial charge in [-0.05, 0) is 31.5 Å². The van der Waals surface area contributed by atoms with Gasteiger partial charge >= 0.3 is 0 Å². The highest BCUT2D eigenvalue weighted by atomic mass is 32.1. The Morgan fingerprint density at radius 1 is 1.43 bits per heavy atom. The number of amides is 1. The summed E-state index contributed by atoms with van der Waals surface area (Å²) < 4.78 is 26.0. The van der Waals surface area contributed by atoms with E-state index in [2.05, 4.69) is 10.3 Å². The summed E-state index contributed by atoms with van der Waals surface area (Å²) in [5, 5.41) is 12.2. The van der Waals surface area contributed by atoms with E-state index >= 15 is 0 Å². The predicted octanol–water partition coefficient (Wildman–Crippen LogP) is 2.59. The van der Waals surface area contributed by atoms with Gasteiger partial charge in [0.2, 0.25) is 0 Å². The molecule has 2 rings (SSSR count). The van der Waals surface area contributed by atoms with Gasteiger partial charge in [0.25, 0.3) is 5.91 Å². The van der Waals surface area contributed by atoms with Gasteiger partial charge in [-0.15, -0.1) is 11.3 Å². The van der Waals surface area contributed by atoms with Gasteiger partial charge < -0.3 is 10.4 Å². The van der Waals surface area contributed by atoms with E-state index in [-0.39, 0.29) is 5.91 Å². The van der Waals surface area contributed by atoms with Crippen molar-refractivity contribution in [2.45, 2.75) is 19.4 Å². The van der Waals surface area contributed by atoms with Gasteiger partial charge in [-0.25, -0.2) is 13.8 Å². The van der Waals surface area contributed by atoms with Crippen LogP contribution in [0.15, 0.2) is 24.4 Å². The Balaban J connectivity index is 2.07. The number of aliphatic hydroxyl groups excluding tert-OH is 1. The third kappa shape index (κ3) is 4.05. The van der Waals surface area contributed by atoms with Crippen LogP contribution in [0.5, 0.6) is 0 Å². The number of carbonyl (C=O) groups is 1. The van der Waals surface area contributed by atoms with Crippen LogP contribution in [0.1, 0.15) is 23.0 Å². The number of aliphatic hydroxyl groups is 1. The molecular weight excluding hydrogens is 298 g/mol. The van der Waals surface area contributed by atoms with Crippen LogP contribution in [0, 0.1) is 11.6 Å². The van der Waals surface area contributed by atoms with Crippen LogP contribution in [0.4, 0.5) is 8.78 Å². The van der Waals surface area contributed by atoms with Gasteiger partial charge in [0.1, 0.15) is 9.88 Å².